The van der Waals surface area contributed by atoms with Crippen LogP contribution in [0.25, 0.3) is 11.0 Å². The maximum atomic E-state index is 11.8. The molecule has 0 saturated carbocycles. The van der Waals surface area contributed by atoms with Crippen molar-refractivity contribution in [1.29, 1.82) is 0 Å². The van der Waals surface area contributed by atoms with Crippen molar-refractivity contribution in [2.24, 2.45) is 7.05 Å². The molecule has 84 valence electrons. The average molecular weight is 220 g/mol. The van der Waals surface area contributed by atoms with Crippen molar-refractivity contribution in [2.75, 3.05) is 7.11 Å². The number of carbonyl (C=O) groups excluding carboxylic acids is 1. The molecular formula is C11H12N2O3. The van der Waals surface area contributed by atoms with Crippen LogP contribution >= 0.6 is 0 Å². The van der Waals surface area contributed by atoms with Crippen LogP contribution in [0.15, 0.2) is 23.0 Å². The molecule has 0 N–H and O–H groups in total. The molecule has 0 aliphatic rings. The van der Waals surface area contributed by atoms with Gasteiger partial charge in [-0.3, -0.25) is 9.13 Å². The number of fused-ring (bicyclic) bond motifs is 1. The highest BCUT2D eigenvalue weighted by molar-refractivity contribution is 5.78. The first kappa shape index (κ1) is 10.5. The van der Waals surface area contributed by atoms with Crippen LogP contribution in [-0.4, -0.2) is 22.5 Å². The molecule has 5 nitrogen and oxygen atoms in total. The number of aryl methyl sites for hydroxylation is 1. The Kier molecular flexibility index (Phi) is 2.52. The van der Waals surface area contributed by atoms with E-state index in [1.54, 1.807) is 32.4 Å². The van der Waals surface area contributed by atoms with E-state index in [0.29, 0.717) is 12.0 Å². The minimum absolute atomic E-state index is 0.0719. The fraction of sp³-hybridized carbons (Fsp3) is 0.273. The normalized spacial score (nSPS) is 10.6. The van der Waals surface area contributed by atoms with Crippen molar-refractivity contribution >= 4 is 17.3 Å². The summed E-state index contributed by atoms with van der Waals surface area (Å²) < 4.78 is 8.03. The molecule has 0 atom stereocenters. The summed E-state index contributed by atoms with van der Waals surface area (Å²) in [6, 6.07) is 5.32. The lowest BCUT2D eigenvalue weighted by atomic mass is 10.3. The van der Waals surface area contributed by atoms with E-state index in [1.807, 2.05) is 0 Å². The van der Waals surface area contributed by atoms with E-state index in [2.05, 4.69) is 0 Å². The molecule has 0 aliphatic carbocycles. The van der Waals surface area contributed by atoms with E-state index < -0.39 is 0 Å². The zero-order chi connectivity index (χ0) is 11.7. The highest BCUT2D eigenvalue weighted by Crippen LogP contribution is 2.19. The maximum Gasteiger partial charge on any atom is 0.329 e. The molecule has 0 unspecified atom stereocenters. The van der Waals surface area contributed by atoms with E-state index in [4.69, 9.17) is 4.74 Å². The summed E-state index contributed by atoms with van der Waals surface area (Å²) in [6.45, 7) is 0.0719. The quantitative estimate of drug-likeness (QED) is 0.710. The third kappa shape index (κ3) is 1.41. The summed E-state index contributed by atoms with van der Waals surface area (Å²) in [5, 5.41) is 0. The first-order valence-electron chi connectivity index (χ1n) is 4.86. The highest BCUT2D eigenvalue weighted by Gasteiger charge is 2.10. The first-order chi connectivity index (χ1) is 7.69. The highest BCUT2D eigenvalue weighted by atomic mass is 16.5. The minimum Gasteiger partial charge on any atom is -0.497 e. The van der Waals surface area contributed by atoms with Crippen LogP contribution in [0.5, 0.6) is 5.75 Å². The Labute approximate surface area is 91.9 Å². The van der Waals surface area contributed by atoms with Gasteiger partial charge in [0.1, 0.15) is 12.0 Å². The van der Waals surface area contributed by atoms with Gasteiger partial charge in [-0.05, 0) is 12.1 Å². The van der Waals surface area contributed by atoms with Gasteiger partial charge in [-0.2, -0.15) is 0 Å². The number of benzene rings is 1. The van der Waals surface area contributed by atoms with Crippen LogP contribution in [-0.2, 0) is 18.4 Å². The Balaban J connectivity index is 2.79. The Morgan fingerprint density at radius 3 is 2.75 bits per heavy atom. The molecule has 0 radical (unpaired) electrons. The second-order valence-corrected chi connectivity index (χ2v) is 3.47. The fourth-order valence-electron chi connectivity index (χ4n) is 1.77. The summed E-state index contributed by atoms with van der Waals surface area (Å²) in [4.78, 5) is 22.3. The smallest absolute Gasteiger partial charge is 0.329 e. The van der Waals surface area contributed by atoms with Crippen LogP contribution in [0, 0.1) is 0 Å². The number of methoxy groups -OCH3 is 1. The average Bonchev–Trinajstić information content (AvgIpc) is 2.54. The number of aromatic nitrogens is 2. The van der Waals surface area contributed by atoms with Crippen LogP contribution < -0.4 is 10.4 Å². The topological polar surface area (TPSA) is 53.2 Å². The van der Waals surface area contributed by atoms with Crippen molar-refractivity contribution < 1.29 is 9.53 Å². The first-order valence-corrected chi connectivity index (χ1v) is 4.86. The standard InChI is InChI=1S/C11H12N2O3/c1-12-10-7-8(16-2)3-4-9(10)13(5-6-14)11(12)15/h3-4,6-7H,5H2,1-2H3. The van der Waals surface area contributed by atoms with Gasteiger partial charge in [-0.25, -0.2) is 4.79 Å². The van der Waals surface area contributed by atoms with Crippen molar-refractivity contribution in [3.63, 3.8) is 0 Å². The van der Waals surface area contributed by atoms with Gasteiger partial charge >= 0.3 is 5.69 Å². The lowest BCUT2D eigenvalue weighted by molar-refractivity contribution is -0.108. The molecule has 0 bridgehead atoms. The van der Waals surface area contributed by atoms with E-state index in [-0.39, 0.29) is 12.2 Å². The SMILES string of the molecule is COc1ccc2c(c1)n(C)c(=O)n2CC=O. The summed E-state index contributed by atoms with van der Waals surface area (Å²) >= 11 is 0. The number of rotatable bonds is 3. The number of imidazole rings is 1. The Bertz CT molecular complexity index is 595. The van der Waals surface area contributed by atoms with Crippen molar-refractivity contribution in [3.8, 4) is 5.75 Å². The second kappa shape index (κ2) is 3.84. The van der Waals surface area contributed by atoms with Gasteiger partial charge < -0.3 is 9.53 Å². The van der Waals surface area contributed by atoms with Crippen LogP contribution in [0.4, 0.5) is 0 Å². The summed E-state index contributed by atoms with van der Waals surface area (Å²) in [6.07, 6.45) is 0.713. The number of hydrogen-bond donors (Lipinski definition) is 0. The molecule has 1 aromatic heterocycles. The number of aldehydes is 1. The third-order valence-corrected chi connectivity index (χ3v) is 2.61. The summed E-state index contributed by atoms with van der Waals surface area (Å²) in [7, 11) is 3.24. The number of ether oxygens (including phenoxy) is 1. The number of nitrogens with zero attached hydrogens (tertiary/aromatic N) is 2. The molecule has 16 heavy (non-hydrogen) atoms. The molecule has 0 amide bonds. The van der Waals surface area contributed by atoms with E-state index in [0.717, 1.165) is 11.0 Å². The van der Waals surface area contributed by atoms with Crippen LogP contribution in [0.3, 0.4) is 0 Å². The molecule has 0 fully saturated rings. The largest absolute Gasteiger partial charge is 0.497 e. The van der Waals surface area contributed by atoms with Crippen molar-refractivity contribution in [1.82, 2.24) is 9.13 Å². The maximum absolute atomic E-state index is 11.8. The van der Waals surface area contributed by atoms with Gasteiger partial charge in [0.25, 0.3) is 0 Å². The molecule has 5 heteroatoms. The zero-order valence-corrected chi connectivity index (χ0v) is 9.14. The Hall–Kier alpha value is -2.04. The number of hydrogen-bond acceptors (Lipinski definition) is 3. The second-order valence-electron chi connectivity index (χ2n) is 3.47. The molecule has 0 aliphatic heterocycles. The predicted octanol–water partition coefficient (Wildman–Crippen LogP) is 0.547. The molecule has 1 aromatic carbocycles. The Morgan fingerprint density at radius 1 is 1.38 bits per heavy atom. The van der Waals surface area contributed by atoms with E-state index in [9.17, 15) is 9.59 Å². The van der Waals surface area contributed by atoms with Crippen molar-refractivity contribution in [2.45, 2.75) is 6.54 Å². The minimum atomic E-state index is -0.199. The van der Waals surface area contributed by atoms with Gasteiger partial charge in [0.05, 0.1) is 24.7 Å². The molecular weight excluding hydrogens is 208 g/mol. The molecule has 0 saturated heterocycles. The van der Waals surface area contributed by atoms with Crippen molar-refractivity contribution in [3.05, 3.63) is 28.7 Å². The molecule has 1 heterocycles. The van der Waals surface area contributed by atoms with E-state index >= 15 is 0 Å². The molecule has 2 rings (SSSR count). The summed E-state index contributed by atoms with van der Waals surface area (Å²) in [5.74, 6) is 0.686. The van der Waals surface area contributed by atoms with Crippen LogP contribution in [0.1, 0.15) is 0 Å². The van der Waals surface area contributed by atoms with Gasteiger partial charge in [0, 0.05) is 13.1 Å². The lowest BCUT2D eigenvalue weighted by Crippen LogP contribution is -2.22. The van der Waals surface area contributed by atoms with Gasteiger partial charge in [0.2, 0.25) is 0 Å². The van der Waals surface area contributed by atoms with Crippen LogP contribution in [0.2, 0.25) is 0 Å². The lowest BCUT2D eigenvalue weighted by Gasteiger charge is -2.00. The molecule has 2 aromatic rings. The van der Waals surface area contributed by atoms with Gasteiger partial charge in [-0.15, -0.1) is 0 Å². The van der Waals surface area contributed by atoms with Gasteiger partial charge in [-0.1, -0.05) is 0 Å². The zero-order valence-electron chi connectivity index (χ0n) is 9.14. The van der Waals surface area contributed by atoms with Gasteiger partial charge in [0.15, 0.2) is 0 Å². The Morgan fingerprint density at radius 2 is 2.12 bits per heavy atom. The third-order valence-electron chi connectivity index (χ3n) is 2.61. The fourth-order valence-corrected chi connectivity index (χ4v) is 1.77. The predicted molar refractivity (Wildman–Crippen MR) is 59.8 cm³/mol. The summed E-state index contributed by atoms with van der Waals surface area (Å²) in [5.41, 5.74) is 1.29. The molecule has 0 spiro atoms. The monoisotopic (exact) mass is 220 g/mol. The number of carbonyl (C=O) groups is 1. The van der Waals surface area contributed by atoms with E-state index in [1.165, 1.54) is 9.13 Å².